The number of rotatable bonds is 2. The highest BCUT2D eigenvalue weighted by molar-refractivity contribution is 6.04. The molecule has 0 spiro atoms. The van der Waals surface area contributed by atoms with Crippen molar-refractivity contribution < 1.29 is 9.59 Å². The largest absolute Gasteiger partial charge is 0.325 e. The molecular weight excluding hydrogens is 158 g/mol. The fourth-order valence-electron chi connectivity index (χ4n) is 0.988. The molecule has 0 bridgehead atoms. The second-order valence-electron chi connectivity index (χ2n) is 2.51. The van der Waals surface area contributed by atoms with Gasteiger partial charge in [-0.3, -0.25) is 10.1 Å². The van der Waals surface area contributed by atoms with E-state index in [2.05, 4.69) is 16.6 Å². The molecule has 0 aliphatic carbocycles. The number of carbonyl (C=O) groups excluding carboxylic acids is 2. The Morgan fingerprint density at radius 2 is 2.33 bits per heavy atom. The lowest BCUT2D eigenvalue weighted by Gasteiger charge is -2.12. The maximum atomic E-state index is 11.0. The fraction of sp³-hybridized carbons (Fsp3) is 0.429. The third-order valence-electron chi connectivity index (χ3n) is 1.59. The number of amides is 3. The van der Waals surface area contributed by atoms with Crippen LogP contribution in [0.5, 0.6) is 0 Å². The Kier molecular flexibility index (Phi) is 2.31. The molecule has 1 unspecified atom stereocenters. The van der Waals surface area contributed by atoms with E-state index in [4.69, 9.17) is 12.2 Å². The van der Waals surface area contributed by atoms with Gasteiger partial charge in [0.05, 0.1) is 0 Å². The second-order valence-corrected chi connectivity index (χ2v) is 2.51. The van der Waals surface area contributed by atoms with Crippen LogP contribution in [0.2, 0.25) is 0 Å². The zero-order valence-corrected chi connectivity index (χ0v) is 6.33. The topological polar surface area (TPSA) is 84.2 Å². The number of hydrogen-bond acceptors (Lipinski definition) is 3. The van der Waals surface area contributed by atoms with E-state index in [0.717, 1.165) is 0 Å². The van der Waals surface area contributed by atoms with Crippen LogP contribution in [0.15, 0.2) is 0 Å². The number of carbonyl (C=O) groups is 2. The van der Waals surface area contributed by atoms with Crippen LogP contribution in [0.1, 0.15) is 6.42 Å². The molecule has 1 heterocycles. The van der Waals surface area contributed by atoms with Crippen molar-refractivity contribution in [2.75, 3.05) is 0 Å². The molecule has 64 valence electrons. The van der Waals surface area contributed by atoms with Gasteiger partial charge in [-0.2, -0.15) is 0 Å². The van der Waals surface area contributed by atoms with Gasteiger partial charge in [0.2, 0.25) is 0 Å². The van der Waals surface area contributed by atoms with Gasteiger partial charge in [-0.1, -0.05) is 0 Å². The normalized spacial score (nSPS) is 24.2. The van der Waals surface area contributed by atoms with Crippen LogP contribution < -0.4 is 16.4 Å². The van der Waals surface area contributed by atoms with Crippen LogP contribution >= 0.6 is 0 Å². The minimum absolute atomic E-state index is 0.262. The fourth-order valence-corrected chi connectivity index (χ4v) is 0.988. The Bertz CT molecular complexity index is 256. The van der Waals surface area contributed by atoms with Gasteiger partial charge < -0.3 is 11.1 Å². The summed E-state index contributed by atoms with van der Waals surface area (Å²) in [6.45, 7) is 0. The number of imide groups is 1. The molecule has 5 heteroatoms. The van der Waals surface area contributed by atoms with Crippen molar-refractivity contribution in [3.8, 4) is 12.3 Å². The lowest BCUT2D eigenvalue weighted by Crippen LogP contribution is -2.45. The number of terminal acetylenes is 1. The molecule has 1 aliphatic heterocycles. The van der Waals surface area contributed by atoms with Crippen molar-refractivity contribution >= 4 is 11.9 Å². The Hall–Kier alpha value is -1.54. The van der Waals surface area contributed by atoms with Gasteiger partial charge in [-0.05, 0) is 0 Å². The molecule has 0 aromatic rings. The second kappa shape index (κ2) is 3.24. The summed E-state index contributed by atoms with van der Waals surface area (Å²) in [5.74, 6) is 1.91. The monoisotopic (exact) mass is 167 g/mol. The Labute approximate surface area is 69.7 Å². The third-order valence-corrected chi connectivity index (χ3v) is 1.59. The first-order valence-corrected chi connectivity index (χ1v) is 3.45. The molecule has 5 nitrogen and oxygen atoms in total. The Morgan fingerprint density at radius 1 is 1.67 bits per heavy atom. The van der Waals surface area contributed by atoms with E-state index >= 15 is 0 Å². The first-order valence-electron chi connectivity index (χ1n) is 3.45. The predicted molar refractivity (Wildman–Crippen MR) is 41.9 cm³/mol. The quantitative estimate of drug-likeness (QED) is 0.347. The molecule has 1 fully saturated rings. The van der Waals surface area contributed by atoms with E-state index in [0.29, 0.717) is 0 Å². The molecule has 0 aromatic carbocycles. The summed E-state index contributed by atoms with van der Waals surface area (Å²) in [5.41, 5.74) is 5.52. The van der Waals surface area contributed by atoms with Gasteiger partial charge in [-0.15, -0.1) is 12.3 Å². The molecule has 1 saturated heterocycles. The van der Waals surface area contributed by atoms with E-state index < -0.39 is 24.0 Å². The van der Waals surface area contributed by atoms with Crippen LogP contribution in [0.25, 0.3) is 0 Å². The molecule has 0 aromatic heterocycles. The zero-order valence-electron chi connectivity index (χ0n) is 6.33. The number of urea groups is 1. The van der Waals surface area contributed by atoms with Crippen molar-refractivity contribution in [3.63, 3.8) is 0 Å². The van der Waals surface area contributed by atoms with Crippen LogP contribution in [-0.2, 0) is 4.79 Å². The third kappa shape index (κ3) is 1.54. The van der Waals surface area contributed by atoms with Crippen molar-refractivity contribution in [2.45, 2.75) is 18.5 Å². The maximum Gasteiger partial charge on any atom is 0.322 e. The standard InChI is InChI=1S/C7H9N3O2/c1-2-3-4(8)5-6(11)10-7(12)9-5/h1,4-5H,3,8H2,(H2,9,10,11,12)/t4-,5?/m1/s1. The number of nitrogens with two attached hydrogens (primary N) is 1. The molecule has 3 amide bonds. The summed E-state index contributed by atoms with van der Waals surface area (Å²) in [5, 5.41) is 4.44. The molecule has 1 rings (SSSR count). The van der Waals surface area contributed by atoms with Gasteiger partial charge in [0.15, 0.2) is 0 Å². The summed E-state index contributed by atoms with van der Waals surface area (Å²) in [4.78, 5) is 21.6. The number of nitrogens with one attached hydrogen (secondary N) is 2. The summed E-state index contributed by atoms with van der Waals surface area (Å²) in [6, 6.07) is -1.72. The maximum absolute atomic E-state index is 11.0. The summed E-state index contributed by atoms with van der Waals surface area (Å²) in [7, 11) is 0. The van der Waals surface area contributed by atoms with Crippen molar-refractivity contribution in [1.82, 2.24) is 10.6 Å². The Balaban J connectivity index is 2.59. The summed E-state index contributed by atoms with van der Waals surface area (Å²) in [6.07, 6.45) is 5.26. The van der Waals surface area contributed by atoms with Gasteiger partial charge >= 0.3 is 6.03 Å². The molecule has 0 radical (unpaired) electrons. The van der Waals surface area contributed by atoms with Crippen molar-refractivity contribution in [1.29, 1.82) is 0 Å². The van der Waals surface area contributed by atoms with E-state index in [-0.39, 0.29) is 6.42 Å². The summed E-state index contributed by atoms with van der Waals surface area (Å²) >= 11 is 0. The predicted octanol–water partition coefficient (Wildman–Crippen LogP) is -1.45. The van der Waals surface area contributed by atoms with E-state index in [1.807, 2.05) is 0 Å². The molecule has 2 atom stereocenters. The van der Waals surface area contributed by atoms with Crippen LogP contribution in [0.4, 0.5) is 4.79 Å². The van der Waals surface area contributed by atoms with Crippen molar-refractivity contribution in [3.05, 3.63) is 0 Å². The average Bonchev–Trinajstić information content (AvgIpc) is 2.30. The van der Waals surface area contributed by atoms with Crippen LogP contribution in [0, 0.1) is 12.3 Å². The lowest BCUT2D eigenvalue weighted by atomic mass is 10.1. The average molecular weight is 167 g/mol. The smallest absolute Gasteiger partial charge is 0.322 e. The first-order chi connectivity index (χ1) is 5.65. The molecule has 0 saturated carbocycles. The van der Waals surface area contributed by atoms with Gasteiger partial charge in [0.25, 0.3) is 5.91 Å². The SMILES string of the molecule is C#CC[C@@H](N)C1NC(=O)NC1=O. The van der Waals surface area contributed by atoms with Crippen molar-refractivity contribution in [2.24, 2.45) is 5.73 Å². The number of hydrogen-bond donors (Lipinski definition) is 3. The zero-order chi connectivity index (χ0) is 9.14. The van der Waals surface area contributed by atoms with E-state index in [1.165, 1.54) is 0 Å². The highest BCUT2D eigenvalue weighted by Crippen LogP contribution is 2.00. The molecule has 4 N–H and O–H groups in total. The molecular formula is C7H9N3O2. The van der Waals surface area contributed by atoms with Gasteiger partial charge in [0, 0.05) is 12.5 Å². The first kappa shape index (κ1) is 8.56. The minimum atomic E-state index is -0.687. The van der Waals surface area contributed by atoms with Gasteiger partial charge in [-0.25, -0.2) is 4.79 Å². The minimum Gasteiger partial charge on any atom is -0.325 e. The van der Waals surface area contributed by atoms with E-state index in [1.54, 1.807) is 0 Å². The van der Waals surface area contributed by atoms with E-state index in [9.17, 15) is 9.59 Å². The van der Waals surface area contributed by atoms with Crippen LogP contribution in [-0.4, -0.2) is 24.0 Å². The Morgan fingerprint density at radius 3 is 2.75 bits per heavy atom. The lowest BCUT2D eigenvalue weighted by molar-refractivity contribution is -0.120. The highest BCUT2D eigenvalue weighted by Gasteiger charge is 2.33. The highest BCUT2D eigenvalue weighted by atomic mass is 16.2. The summed E-state index contributed by atoms with van der Waals surface area (Å²) < 4.78 is 0. The van der Waals surface area contributed by atoms with Gasteiger partial charge in [0.1, 0.15) is 6.04 Å². The molecule has 1 aliphatic rings. The molecule has 12 heavy (non-hydrogen) atoms. The van der Waals surface area contributed by atoms with Crippen LogP contribution in [0.3, 0.4) is 0 Å².